The molecule has 8 aromatic rings. The number of imide groups is 4. The normalized spacial score (nSPS) is 24.5. The highest BCUT2D eigenvalue weighted by molar-refractivity contribution is 6.27. The van der Waals surface area contributed by atoms with Gasteiger partial charge in [-0.25, -0.2) is 14.4 Å². The first-order valence-electron chi connectivity index (χ1n) is 43.6. The fourth-order valence-corrected chi connectivity index (χ4v) is 20.3. The van der Waals surface area contributed by atoms with Crippen LogP contribution in [0.3, 0.4) is 0 Å². The Bertz CT molecular complexity index is 5480. The zero-order chi connectivity index (χ0) is 85.9. The molecule has 8 atom stereocenters. The number of methoxy groups -OCH3 is 1. The van der Waals surface area contributed by atoms with Crippen LogP contribution in [0.1, 0.15) is 228 Å². The first-order valence-corrected chi connectivity index (χ1v) is 43.6. The van der Waals surface area contributed by atoms with Gasteiger partial charge < -0.3 is 50.4 Å². The van der Waals surface area contributed by atoms with Crippen LogP contribution >= 0.6 is 0 Å². The molecule has 4 unspecified atom stereocenters. The van der Waals surface area contributed by atoms with Crippen molar-refractivity contribution in [2.45, 2.75) is 197 Å². The number of pyridine rings is 2. The Hall–Kier alpha value is -11.3. The summed E-state index contributed by atoms with van der Waals surface area (Å²) in [5, 5.41) is 41.5. The number of carbonyl (C=O) groups excluding carboxylic acids is 10. The van der Waals surface area contributed by atoms with Crippen LogP contribution in [0.2, 0.25) is 0 Å². The number of rotatable bonds is 27. The van der Waals surface area contributed by atoms with Crippen molar-refractivity contribution in [3.05, 3.63) is 160 Å². The highest BCUT2D eigenvalue weighted by atomic mass is 19.1. The number of aromatic nitrogens is 6. The average molecular weight is 1680 g/mol. The topological polar surface area (TPSA) is 365 Å². The molecule has 4 aromatic carbocycles. The van der Waals surface area contributed by atoms with Gasteiger partial charge in [0.25, 0.3) is 35.4 Å². The standard InChI is InChI=1S/C92H107FN16O14/c1-51-12-7-17-69(95-51)83(112)98-73-38-55-48-106(102-71(55)44-66(73)92(4,5)120)58-22-20-53(46-104-33-28-52(29-34-104)50-122-37-11-32-94-67-15-8-13-62-81(67)89(118)108(87(62)116)75-24-26-79(110)100-85(75)114)64(42-58)65-43-59(107-49-56-39-74(77(121-6)45-72(56)103-107)99-84(113)70-18-10-19-78(97-70)91(2,3)93)23-21-54(65)47-105-35-30-60(31-36-105)123-61-40-57(41-61)96-68-16-9-14-63-82(68)90(119)109(88(63)117)76-25-27-80(111)101-86(76)115/h7-10,12-19,38-39,44-45,48-49,52-54,57-61,64-65,75-76,94,96,120H,11,20-37,40-43,46-47,50H2,1-6H3,(H,98,112)(H,99,113)(H,100,110,114)(H,101,111,115)/t53-,54+,57?,58+,59-,61?,64?,65?,75?,76?/m1/s1. The van der Waals surface area contributed by atoms with Crippen molar-refractivity contribution < 1.29 is 71.7 Å². The molecule has 0 radical (unpaired) electrons. The van der Waals surface area contributed by atoms with E-state index in [0.717, 1.165) is 124 Å². The van der Waals surface area contributed by atoms with Gasteiger partial charge in [-0.15, -0.1) is 0 Å². The average Bonchev–Trinajstić information content (AvgIpc) is 1.60. The Balaban J connectivity index is 0.602. The van der Waals surface area contributed by atoms with Gasteiger partial charge in [-0.2, -0.15) is 10.2 Å². The molecule has 6 aliphatic heterocycles. The molecule has 7 N–H and O–H groups in total. The number of piperidine rings is 4. The summed E-state index contributed by atoms with van der Waals surface area (Å²) in [6.07, 6.45) is 15.5. The molecule has 17 rings (SSSR count). The van der Waals surface area contributed by atoms with E-state index in [2.05, 4.69) is 73.4 Å². The number of nitrogens with one attached hydrogen (secondary N) is 6. The van der Waals surface area contributed by atoms with Crippen molar-refractivity contribution in [3.8, 4) is 5.75 Å². The predicted molar refractivity (Wildman–Crippen MR) is 455 cm³/mol. The molecule has 7 fully saturated rings. The molecule has 0 bridgehead atoms. The molecule has 30 nitrogen and oxygen atoms in total. The van der Waals surface area contributed by atoms with Crippen LogP contribution in [0, 0.1) is 36.5 Å². The van der Waals surface area contributed by atoms with Gasteiger partial charge in [-0.1, -0.05) is 24.3 Å². The SMILES string of the molecule is COc1cc2nn([C@@H]3CC[C@@H](CN4CCC(OC5CC(Nc6cccc7c6C(=O)N(C6CCC(=O)NC6=O)C7=O)C5)CC4)C(C4C[C@@H](n5cc6cc(NC(=O)c7cccc(C)n7)c(C(C)(C)O)cc6n5)CC[C@@H]4CN4CCC(COCCCNc5cccc6c5C(=O)N(C5CCC(=O)NC5=O)C6=O)CC4)C3)cc2cc1NC(=O)c1cccc(C(C)(C)F)n1. The molecule has 3 aliphatic carbocycles. The van der Waals surface area contributed by atoms with Gasteiger partial charge in [0.05, 0.1) is 81.7 Å². The van der Waals surface area contributed by atoms with E-state index in [4.69, 9.17) is 24.4 Å². The van der Waals surface area contributed by atoms with Crippen LogP contribution < -0.4 is 36.6 Å². The van der Waals surface area contributed by atoms with Gasteiger partial charge in [0.1, 0.15) is 34.9 Å². The summed E-state index contributed by atoms with van der Waals surface area (Å²) in [7, 11) is 1.55. The maximum Gasteiger partial charge on any atom is 0.274 e. The second kappa shape index (κ2) is 34.8. The number of alkyl halides is 1. The van der Waals surface area contributed by atoms with Crippen LogP contribution in [0.4, 0.5) is 27.1 Å². The van der Waals surface area contributed by atoms with Gasteiger partial charge in [-0.05, 0) is 240 Å². The molecule has 0 spiro atoms. The van der Waals surface area contributed by atoms with Gasteiger partial charge in [0.15, 0.2) is 0 Å². The van der Waals surface area contributed by atoms with Gasteiger partial charge in [-0.3, -0.25) is 77.7 Å². The number of nitrogens with zero attached hydrogens (tertiary/aromatic N) is 10. The summed E-state index contributed by atoms with van der Waals surface area (Å²) in [5.41, 5.74) is 2.84. The first-order chi connectivity index (χ1) is 59.1. The molecule has 646 valence electrons. The molecule has 10 heterocycles. The van der Waals surface area contributed by atoms with Gasteiger partial charge >= 0.3 is 0 Å². The number of halogens is 1. The number of hydrogen-bond donors (Lipinski definition) is 7. The van der Waals surface area contributed by atoms with Crippen LogP contribution in [-0.4, -0.2) is 210 Å². The van der Waals surface area contributed by atoms with Crippen molar-refractivity contribution >= 4 is 104 Å². The summed E-state index contributed by atoms with van der Waals surface area (Å²) in [4.78, 5) is 148. The zero-order valence-electron chi connectivity index (χ0n) is 70.3. The monoisotopic (exact) mass is 1680 g/mol. The smallest absolute Gasteiger partial charge is 0.274 e. The maximum absolute atomic E-state index is 15.1. The number of benzene rings is 4. The highest BCUT2D eigenvalue weighted by Crippen LogP contribution is 2.51. The van der Waals surface area contributed by atoms with E-state index >= 15 is 4.39 Å². The highest BCUT2D eigenvalue weighted by Gasteiger charge is 2.50. The lowest BCUT2D eigenvalue weighted by molar-refractivity contribution is -0.137. The minimum Gasteiger partial charge on any atom is -0.494 e. The van der Waals surface area contributed by atoms with Crippen LogP contribution in [0.15, 0.2) is 109 Å². The summed E-state index contributed by atoms with van der Waals surface area (Å²) < 4.78 is 38.6. The quantitative estimate of drug-likeness (QED) is 0.0186. The van der Waals surface area contributed by atoms with E-state index in [1.165, 1.54) is 13.8 Å². The van der Waals surface area contributed by atoms with Crippen LogP contribution in [-0.2, 0) is 39.9 Å². The van der Waals surface area contributed by atoms with Crippen molar-refractivity contribution in [2.24, 2.45) is 29.6 Å². The third-order valence-corrected chi connectivity index (χ3v) is 26.8. The van der Waals surface area contributed by atoms with Crippen molar-refractivity contribution in [1.82, 2.24) is 59.8 Å². The molecule has 9 aliphatic rings. The molecular formula is C92H107FN16O14. The molecule has 3 saturated carbocycles. The molecule has 4 saturated heterocycles. The van der Waals surface area contributed by atoms with E-state index in [9.17, 15) is 53.1 Å². The third-order valence-electron chi connectivity index (χ3n) is 26.8. The van der Waals surface area contributed by atoms with Gasteiger partial charge in [0.2, 0.25) is 23.6 Å². The summed E-state index contributed by atoms with van der Waals surface area (Å²) in [6, 6.07) is 25.6. The fourth-order valence-electron chi connectivity index (χ4n) is 20.3. The van der Waals surface area contributed by atoms with Crippen LogP contribution in [0.25, 0.3) is 21.8 Å². The minimum absolute atomic E-state index is 0.00316. The Morgan fingerprint density at radius 2 is 1.11 bits per heavy atom. The van der Waals surface area contributed by atoms with Crippen molar-refractivity contribution in [1.29, 1.82) is 0 Å². The Labute approximate surface area is 711 Å². The molecule has 4 aromatic heterocycles. The van der Waals surface area contributed by atoms with Crippen LogP contribution in [0.5, 0.6) is 5.75 Å². The van der Waals surface area contributed by atoms with Crippen molar-refractivity contribution in [3.63, 3.8) is 0 Å². The summed E-state index contributed by atoms with van der Waals surface area (Å²) in [6.45, 7) is 15.0. The van der Waals surface area contributed by atoms with E-state index < -0.39 is 76.5 Å². The number of aryl methyl sites for hydroxylation is 1. The largest absolute Gasteiger partial charge is 0.494 e. The molecule has 31 heteroatoms. The second-order valence-corrected chi connectivity index (χ2v) is 36.1. The lowest BCUT2D eigenvalue weighted by atomic mass is 9.62. The number of anilines is 4. The number of fused-ring (bicyclic) bond motifs is 4. The van der Waals surface area contributed by atoms with E-state index in [1.807, 2.05) is 37.3 Å². The van der Waals surface area contributed by atoms with Crippen molar-refractivity contribution in [2.75, 3.05) is 87.4 Å². The maximum atomic E-state index is 15.1. The summed E-state index contributed by atoms with van der Waals surface area (Å²) in [5.74, 6) is -3.45. The fraction of sp³-hybridized carbons (Fsp3) is 0.500. The summed E-state index contributed by atoms with van der Waals surface area (Å²) >= 11 is 0. The Morgan fingerprint density at radius 1 is 0.577 bits per heavy atom. The zero-order valence-corrected chi connectivity index (χ0v) is 70.3. The number of amides is 10. The molecule has 10 amide bonds. The lowest BCUT2D eigenvalue weighted by Crippen LogP contribution is -2.54. The first kappa shape index (κ1) is 84.0. The predicted octanol–water partition coefficient (Wildman–Crippen LogP) is 11.2. The van der Waals surface area contributed by atoms with E-state index in [1.54, 1.807) is 87.7 Å². The lowest BCUT2D eigenvalue weighted by Gasteiger charge is -2.49. The van der Waals surface area contributed by atoms with E-state index in [0.29, 0.717) is 108 Å². The number of ether oxygens (including phenoxy) is 3. The number of hydrogen-bond acceptors (Lipinski definition) is 22. The number of carbonyl (C=O) groups is 10. The second-order valence-electron chi connectivity index (χ2n) is 36.1. The minimum atomic E-state index is -1.76. The number of aliphatic hydroxyl groups is 1. The van der Waals surface area contributed by atoms with Gasteiger partial charge in [0, 0.05) is 122 Å². The third kappa shape index (κ3) is 17.7. The molecular weight excluding hydrogens is 1570 g/mol. The van der Waals surface area contributed by atoms with E-state index in [-0.39, 0.29) is 113 Å². The Kier molecular flexibility index (Phi) is 23.8. The number of likely N-dealkylation sites (tertiary alicyclic amines) is 2. The Morgan fingerprint density at radius 3 is 1.67 bits per heavy atom. The molecule has 123 heavy (non-hydrogen) atoms.